The molecule has 2 aromatic rings. The van der Waals surface area contributed by atoms with Crippen LogP contribution in [0.25, 0.3) is 0 Å². The Hall–Kier alpha value is -2.82. The van der Waals surface area contributed by atoms with Crippen molar-refractivity contribution >= 4 is 17.5 Å². The number of para-hydroxylation sites is 2. The third-order valence-corrected chi connectivity index (χ3v) is 5.49. The lowest BCUT2D eigenvalue weighted by molar-refractivity contribution is -0.139. The summed E-state index contributed by atoms with van der Waals surface area (Å²) in [4.78, 5) is 29.6. The van der Waals surface area contributed by atoms with Gasteiger partial charge in [0.2, 0.25) is 5.91 Å². The summed E-state index contributed by atoms with van der Waals surface area (Å²) < 4.78 is 6.01. The van der Waals surface area contributed by atoms with Crippen molar-refractivity contribution in [3.05, 3.63) is 60.2 Å². The van der Waals surface area contributed by atoms with Crippen molar-refractivity contribution in [3.63, 3.8) is 0 Å². The molecule has 1 fully saturated rings. The lowest BCUT2D eigenvalue weighted by Crippen LogP contribution is -2.52. The SMILES string of the molecule is O=C([C@@H]1CN(C(=O)CCc2ccccc2)c2ccccc2O1)N1CCCCC1. The normalized spacial score (nSPS) is 18.9. The predicted molar refractivity (Wildman–Crippen MR) is 108 cm³/mol. The first-order chi connectivity index (χ1) is 13.7. The van der Waals surface area contributed by atoms with E-state index < -0.39 is 6.10 Å². The van der Waals surface area contributed by atoms with Gasteiger partial charge in [-0.15, -0.1) is 0 Å². The summed E-state index contributed by atoms with van der Waals surface area (Å²) in [5.74, 6) is 0.628. The first-order valence-electron chi connectivity index (χ1n) is 10.1. The van der Waals surface area contributed by atoms with Crippen molar-refractivity contribution in [2.75, 3.05) is 24.5 Å². The van der Waals surface area contributed by atoms with Crippen LogP contribution in [0.3, 0.4) is 0 Å². The van der Waals surface area contributed by atoms with Crippen molar-refractivity contribution in [1.82, 2.24) is 4.90 Å². The molecule has 1 atom stereocenters. The Labute approximate surface area is 165 Å². The Bertz CT molecular complexity index is 831. The maximum atomic E-state index is 13.0. The molecule has 5 heteroatoms. The van der Waals surface area contributed by atoms with E-state index in [2.05, 4.69) is 0 Å². The Morgan fingerprint density at radius 1 is 0.929 bits per heavy atom. The lowest BCUT2D eigenvalue weighted by atomic mass is 10.1. The van der Waals surface area contributed by atoms with Crippen LogP contribution in [-0.2, 0) is 16.0 Å². The minimum absolute atomic E-state index is 0.00457. The van der Waals surface area contributed by atoms with Gasteiger partial charge in [0.25, 0.3) is 5.91 Å². The molecule has 1 saturated heterocycles. The van der Waals surface area contributed by atoms with Crippen molar-refractivity contribution in [2.24, 2.45) is 0 Å². The van der Waals surface area contributed by atoms with Crippen LogP contribution in [0.2, 0.25) is 0 Å². The molecule has 28 heavy (non-hydrogen) atoms. The second-order valence-corrected chi connectivity index (χ2v) is 7.45. The van der Waals surface area contributed by atoms with E-state index in [1.165, 1.54) is 6.42 Å². The van der Waals surface area contributed by atoms with E-state index in [1.807, 2.05) is 59.5 Å². The Morgan fingerprint density at radius 3 is 2.43 bits per heavy atom. The van der Waals surface area contributed by atoms with Gasteiger partial charge in [0, 0.05) is 19.5 Å². The van der Waals surface area contributed by atoms with Gasteiger partial charge in [-0.2, -0.15) is 0 Å². The zero-order valence-electron chi connectivity index (χ0n) is 16.0. The zero-order chi connectivity index (χ0) is 19.3. The largest absolute Gasteiger partial charge is 0.476 e. The molecule has 0 radical (unpaired) electrons. The summed E-state index contributed by atoms with van der Waals surface area (Å²) in [7, 11) is 0. The Morgan fingerprint density at radius 2 is 1.64 bits per heavy atom. The van der Waals surface area contributed by atoms with Crippen molar-refractivity contribution < 1.29 is 14.3 Å². The number of carbonyl (C=O) groups excluding carboxylic acids is 2. The molecule has 0 aromatic heterocycles. The number of anilines is 1. The highest BCUT2D eigenvalue weighted by molar-refractivity contribution is 5.97. The Balaban J connectivity index is 1.50. The molecule has 2 aliphatic rings. The number of ether oxygens (including phenoxy) is 1. The molecule has 146 valence electrons. The summed E-state index contributed by atoms with van der Waals surface area (Å²) >= 11 is 0. The molecule has 0 bridgehead atoms. The molecule has 2 aromatic carbocycles. The molecule has 0 N–H and O–H groups in total. The molecule has 0 saturated carbocycles. The Kier molecular flexibility index (Phi) is 5.60. The van der Waals surface area contributed by atoms with Crippen LogP contribution >= 0.6 is 0 Å². The van der Waals surface area contributed by atoms with Crippen molar-refractivity contribution in [3.8, 4) is 5.75 Å². The number of carbonyl (C=O) groups is 2. The maximum Gasteiger partial charge on any atom is 0.265 e. The van der Waals surface area contributed by atoms with Gasteiger partial charge in [0.05, 0.1) is 12.2 Å². The van der Waals surface area contributed by atoms with E-state index in [4.69, 9.17) is 4.74 Å². The number of hydrogen-bond acceptors (Lipinski definition) is 3. The first-order valence-corrected chi connectivity index (χ1v) is 10.1. The van der Waals surface area contributed by atoms with Crippen LogP contribution in [0.1, 0.15) is 31.2 Å². The van der Waals surface area contributed by atoms with Crippen LogP contribution in [0, 0.1) is 0 Å². The molecular formula is C23H26N2O3. The highest BCUT2D eigenvalue weighted by atomic mass is 16.5. The van der Waals surface area contributed by atoms with Crippen molar-refractivity contribution in [2.45, 2.75) is 38.2 Å². The minimum Gasteiger partial charge on any atom is -0.476 e. The zero-order valence-corrected chi connectivity index (χ0v) is 16.0. The number of nitrogens with zero attached hydrogens (tertiary/aromatic N) is 2. The van der Waals surface area contributed by atoms with Crippen LogP contribution in [0.5, 0.6) is 5.75 Å². The number of hydrogen-bond donors (Lipinski definition) is 0. The van der Waals surface area contributed by atoms with Gasteiger partial charge in [-0.25, -0.2) is 0 Å². The van der Waals surface area contributed by atoms with E-state index in [0.717, 1.165) is 37.2 Å². The maximum absolute atomic E-state index is 13.0. The monoisotopic (exact) mass is 378 g/mol. The second kappa shape index (κ2) is 8.46. The number of likely N-dealkylation sites (tertiary alicyclic amines) is 1. The van der Waals surface area contributed by atoms with Crippen molar-refractivity contribution in [1.29, 1.82) is 0 Å². The highest BCUT2D eigenvalue weighted by Crippen LogP contribution is 2.34. The van der Waals surface area contributed by atoms with Gasteiger partial charge in [-0.3, -0.25) is 9.59 Å². The van der Waals surface area contributed by atoms with E-state index in [0.29, 0.717) is 18.6 Å². The predicted octanol–water partition coefficient (Wildman–Crippen LogP) is 3.43. The van der Waals surface area contributed by atoms with Gasteiger partial charge >= 0.3 is 0 Å². The van der Waals surface area contributed by atoms with Crippen LogP contribution < -0.4 is 9.64 Å². The van der Waals surface area contributed by atoms with Gasteiger partial charge < -0.3 is 14.5 Å². The number of piperidine rings is 1. The summed E-state index contributed by atoms with van der Waals surface area (Å²) in [6.07, 6.45) is 3.70. The smallest absolute Gasteiger partial charge is 0.265 e. The molecule has 2 heterocycles. The first kappa shape index (κ1) is 18.5. The molecular weight excluding hydrogens is 352 g/mol. The van der Waals surface area contributed by atoms with E-state index in [1.54, 1.807) is 4.90 Å². The third kappa shape index (κ3) is 4.03. The van der Waals surface area contributed by atoms with Gasteiger partial charge in [-0.05, 0) is 43.4 Å². The van der Waals surface area contributed by atoms with E-state index >= 15 is 0 Å². The van der Waals surface area contributed by atoms with Crippen LogP contribution in [-0.4, -0.2) is 42.5 Å². The highest BCUT2D eigenvalue weighted by Gasteiger charge is 2.36. The molecule has 0 aliphatic carbocycles. The fourth-order valence-corrected chi connectivity index (χ4v) is 3.95. The van der Waals surface area contributed by atoms with Gasteiger partial charge in [0.15, 0.2) is 6.10 Å². The summed E-state index contributed by atoms with van der Waals surface area (Å²) in [6, 6.07) is 17.5. The van der Waals surface area contributed by atoms with Crippen LogP contribution in [0.15, 0.2) is 54.6 Å². The molecule has 0 spiro atoms. The molecule has 2 aliphatic heterocycles. The van der Waals surface area contributed by atoms with E-state index in [9.17, 15) is 9.59 Å². The fourth-order valence-electron chi connectivity index (χ4n) is 3.95. The summed E-state index contributed by atoms with van der Waals surface area (Å²) in [5.41, 5.74) is 1.89. The van der Waals surface area contributed by atoms with E-state index in [-0.39, 0.29) is 18.4 Å². The number of aryl methyl sites for hydroxylation is 1. The quantitative estimate of drug-likeness (QED) is 0.819. The molecule has 5 nitrogen and oxygen atoms in total. The molecule has 0 unspecified atom stereocenters. The average Bonchev–Trinajstić information content (AvgIpc) is 2.77. The number of benzene rings is 2. The molecule has 2 amide bonds. The van der Waals surface area contributed by atoms with Crippen LogP contribution in [0.4, 0.5) is 5.69 Å². The number of rotatable bonds is 4. The van der Waals surface area contributed by atoms with Gasteiger partial charge in [0.1, 0.15) is 5.75 Å². The summed E-state index contributed by atoms with van der Waals surface area (Å²) in [5, 5.41) is 0. The average molecular weight is 378 g/mol. The number of fused-ring (bicyclic) bond motifs is 1. The minimum atomic E-state index is -0.631. The fraction of sp³-hybridized carbons (Fsp3) is 0.391. The molecule has 4 rings (SSSR count). The summed E-state index contributed by atoms with van der Waals surface area (Å²) in [6.45, 7) is 1.84. The van der Waals surface area contributed by atoms with Gasteiger partial charge in [-0.1, -0.05) is 42.5 Å². The lowest BCUT2D eigenvalue weighted by Gasteiger charge is -2.37. The standard InChI is InChI=1S/C23H26N2O3/c26-22(14-13-18-9-3-1-4-10-18)25-17-21(23(27)24-15-7-2-8-16-24)28-20-12-6-5-11-19(20)25/h1,3-6,9-12,21H,2,7-8,13-17H2/t21-/m0/s1. The number of amides is 2. The second-order valence-electron chi connectivity index (χ2n) is 7.45. The topological polar surface area (TPSA) is 49.9 Å². The third-order valence-electron chi connectivity index (χ3n) is 5.49.